The second-order valence-electron chi connectivity index (χ2n) is 8.42. The van der Waals surface area contributed by atoms with Crippen LogP contribution in [-0.2, 0) is 6.54 Å². The summed E-state index contributed by atoms with van der Waals surface area (Å²) >= 11 is 0. The third kappa shape index (κ3) is 6.12. The van der Waals surface area contributed by atoms with Crippen LogP contribution in [0.4, 0.5) is 10.5 Å². The van der Waals surface area contributed by atoms with Crippen molar-refractivity contribution >= 4 is 11.7 Å². The number of nitrogens with zero attached hydrogens (tertiary/aromatic N) is 2. The van der Waals surface area contributed by atoms with Crippen LogP contribution in [0.2, 0.25) is 0 Å². The van der Waals surface area contributed by atoms with Gasteiger partial charge in [0.25, 0.3) is 0 Å². The van der Waals surface area contributed by atoms with Crippen molar-refractivity contribution in [3.63, 3.8) is 0 Å². The number of unbranched alkanes of at least 4 members (excludes halogenated alkanes) is 2. The van der Waals surface area contributed by atoms with E-state index in [2.05, 4.69) is 6.92 Å². The van der Waals surface area contributed by atoms with Gasteiger partial charge in [-0.15, -0.1) is 0 Å². The fourth-order valence-corrected chi connectivity index (χ4v) is 4.09. The summed E-state index contributed by atoms with van der Waals surface area (Å²) in [5.74, 6) is 1.94. The summed E-state index contributed by atoms with van der Waals surface area (Å²) in [6, 6.07) is 11.0. The Morgan fingerprint density at radius 1 is 1.03 bits per heavy atom. The largest absolute Gasteiger partial charge is 0.496 e. The zero-order valence-electron chi connectivity index (χ0n) is 20.5. The minimum atomic E-state index is -0.747. The highest BCUT2D eigenvalue weighted by molar-refractivity contribution is 5.93. The van der Waals surface area contributed by atoms with E-state index in [0.29, 0.717) is 49.1 Å². The van der Waals surface area contributed by atoms with Crippen LogP contribution in [0.25, 0.3) is 0 Å². The second-order valence-corrected chi connectivity index (χ2v) is 8.42. The molecule has 1 unspecified atom stereocenters. The Kier molecular flexibility index (Phi) is 9.42. The number of hydrogen-bond donors (Lipinski definition) is 2. The van der Waals surface area contributed by atoms with Crippen molar-refractivity contribution in [2.75, 3.05) is 45.4 Å². The first kappa shape index (κ1) is 25.6. The number of aliphatic hydroxyl groups excluding tert-OH is 1. The van der Waals surface area contributed by atoms with Crippen molar-refractivity contribution < 1.29 is 24.1 Å². The standard InChI is InChI=1S/C26H37N3O5/c1-4-5-6-14-34-25-16-21(10-11-23(25)32-2)29-13-7-12-28(26(29)31)18-20-9-8-19(22(30)17-27)15-24(20)33-3/h8-11,15-16,22,30H,4-7,12-14,17-18,27H2,1-3H3. The van der Waals surface area contributed by atoms with Gasteiger partial charge in [0.2, 0.25) is 0 Å². The molecule has 34 heavy (non-hydrogen) atoms. The first-order valence-corrected chi connectivity index (χ1v) is 11.9. The molecule has 0 aliphatic carbocycles. The number of aliphatic hydroxyl groups is 1. The highest BCUT2D eigenvalue weighted by Gasteiger charge is 2.28. The molecule has 0 radical (unpaired) electrons. The van der Waals surface area contributed by atoms with E-state index >= 15 is 0 Å². The smallest absolute Gasteiger partial charge is 0.324 e. The Morgan fingerprint density at radius 2 is 1.82 bits per heavy atom. The SMILES string of the molecule is CCCCCOc1cc(N2CCCN(Cc3ccc(C(O)CN)cc3OC)C2=O)ccc1OC. The van der Waals surface area contributed by atoms with E-state index < -0.39 is 6.10 Å². The van der Waals surface area contributed by atoms with E-state index in [0.717, 1.165) is 36.9 Å². The Morgan fingerprint density at radius 3 is 2.53 bits per heavy atom. The number of carbonyl (C=O) groups excluding carboxylic acids is 1. The van der Waals surface area contributed by atoms with Crippen molar-refractivity contribution in [3.05, 3.63) is 47.5 Å². The average Bonchev–Trinajstić information content (AvgIpc) is 2.87. The van der Waals surface area contributed by atoms with Crippen LogP contribution in [0.5, 0.6) is 17.2 Å². The molecule has 1 heterocycles. The van der Waals surface area contributed by atoms with Crippen LogP contribution in [0.15, 0.2) is 36.4 Å². The lowest BCUT2D eigenvalue weighted by Crippen LogP contribution is -2.49. The maximum absolute atomic E-state index is 13.4. The van der Waals surface area contributed by atoms with Crippen LogP contribution in [0.3, 0.4) is 0 Å². The van der Waals surface area contributed by atoms with E-state index in [-0.39, 0.29) is 12.6 Å². The molecule has 186 valence electrons. The highest BCUT2D eigenvalue weighted by atomic mass is 16.5. The highest BCUT2D eigenvalue weighted by Crippen LogP contribution is 2.34. The minimum Gasteiger partial charge on any atom is -0.496 e. The predicted octanol–water partition coefficient (Wildman–Crippen LogP) is 4.10. The molecule has 2 aromatic rings. The lowest BCUT2D eigenvalue weighted by Gasteiger charge is -2.36. The minimum absolute atomic E-state index is 0.0681. The number of hydrogen-bond acceptors (Lipinski definition) is 6. The van der Waals surface area contributed by atoms with Gasteiger partial charge < -0.3 is 30.0 Å². The third-order valence-corrected chi connectivity index (χ3v) is 6.06. The van der Waals surface area contributed by atoms with E-state index in [1.165, 1.54) is 0 Å². The lowest BCUT2D eigenvalue weighted by atomic mass is 10.0. The van der Waals surface area contributed by atoms with Crippen molar-refractivity contribution in [2.45, 2.75) is 45.3 Å². The molecule has 2 amide bonds. The van der Waals surface area contributed by atoms with Gasteiger partial charge in [-0.3, -0.25) is 4.90 Å². The van der Waals surface area contributed by atoms with Gasteiger partial charge in [0.15, 0.2) is 11.5 Å². The van der Waals surface area contributed by atoms with Gasteiger partial charge in [-0.1, -0.05) is 31.9 Å². The van der Waals surface area contributed by atoms with Crippen molar-refractivity contribution in [1.82, 2.24) is 4.90 Å². The number of amides is 2. The van der Waals surface area contributed by atoms with Gasteiger partial charge in [0, 0.05) is 37.0 Å². The van der Waals surface area contributed by atoms with Gasteiger partial charge in [-0.25, -0.2) is 4.79 Å². The topological polar surface area (TPSA) is 97.5 Å². The maximum Gasteiger partial charge on any atom is 0.324 e. The molecule has 2 aromatic carbocycles. The van der Waals surface area contributed by atoms with Crippen LogP contribution in [-0.4, -0.2) is 56.5 Å². The number of carbonyl (C=O) groups is 1. The van der Waals surface area contributed by atoms with Gasteiger partial charge in [0.1, 0.15) is 5.75 Å². The molecule has 8 heteroatoms. The Balaban J connectivity index is 1.76. The van der Waals surface area contributed by atoms with Crippen molar-refractivity contribution in [1.29, 1.82) is 0 Å². The molecule has 0 spiro atoms. The zero-order valence-corrected chi connectivity index (χ0v) is 20.5. The lowest BCUT2D eigenvalue weighted by molar-refractivity contribution is 0.185. The Labute approximate surface area is 202 Å². The molecular formula is C26H37N3O5. The Bertz CT molecular complexity index is 952. The number of urea groups is 1. The molecule has 1 atom stereocenters. The number of ether oxygens (including phenoxy) is 3. The molecule has 0 aromatic heterocycles. The quantitative estimate of drug-likeness (QED) is 0.453. The Hall–Kier alpha value is -2.97. The first-order valence-electron chi connectivity index (χ1n) is 11.9. The average molecular weight is 472 g/mol. The summed E-state index contributed by atoms with van der Waals surface area (Å²) in [7, 11) is 3.20. The summed E-state index contributed by atoms with van der Waals surface area (Å²) in [6.45, 7) is 4.60. The normalized spacial score (nSPS) is 14.8. The fourth-order valence-electron chi connectivity index (χ4n) is 4.09. The van der Waals surface area contributed by atoms with Gasteiger partial charge >= 0.3 is 6.03 Å². The molecule has 1 aliphatic heterocycles. The summed E-state index contributed by atoms with van der Waals surface area (Å²) < 4.78 is 17.0. The van der Waals surface area contributed by atoms with Gasteiger partial charge in [-0.2, -0.15) is 0 Å². The number of rotatable bonds is 12. The summed E-state index contributed by atoms with van der Waals surface area (Å²) in [4.78, 5) is 17.0. The predicted molar refractivity (Wildman–Crippen MR) is 133 cm³/mol. The van der Waals surface area contributed by atoms with Crippen LogP contribution in [0.1, 0.15) is 49.8 Å². The monoisotopic (exact) mass is 471 g/mol. The van der Waals surface area contributed by atoms with E-state index in [9.17, 15) is 9.90 Å². The van der Waals surface area contributed by atoms with E-state index in [4.69, 9.17) is 19.9 Å². The summed E-state index contributed by atoms with van der Waals surface area (Å²) in [5.41, 5.74) is 7.93. The van der Waals surface area contributed by atoms with Crippen LogP contribution >= 0.6 is 0 Å². The first-order chi connectivity index (χ1) is 16.5. The number of methoxy groups -OCH3 is 2. The van der Waals surface area contributed by atoms with Crippen molar-refractivity contribution in [3.8, 4) is 17.2 Å². The molecule has 1 saturated heterocycles. The van der Waals surface area contributed by atoms with Gasteiger partial charge in [0.05, 0.1) is 33.5 Å². The number of nitrogens with two attached hydrogens (primary N) is 1. The number of anilines is 1. The third-order valence-electron chi connectivity index (χ3n) is 6.06. The molecule has 3 rings (SSSR count). The molecule has 0 saturated carbocycles. The zero-order chi connectivity index (χ0) is 24.5. The number of benzene rings is 2. The molecule has 1 fully saturated rings. The van der Waals surface area contributed by atoms with E-state index in [1.54, 1.807) is 25.2 Å². The summed E-state index contributed by atoms with van der Waals surface area (Å²) in [6.07, 6.45) is 3.31. The molecule has 8 nitrogen and oxygen atoms in total. The summed E-state index contributed by atoms with van der Waals surface area (Å²) in [5, 5.41) is 10.0. The van der Waals surface area contributed by atoms with Crippen LogP contribution < -0.4 is 24.8 Å². The van der Waals surface area contributed by atoms with E-state index in [1.807, 2.05) is 35.2 Å². The fraction of sp³-hybridized carbons (Fsp3) is 0.500. The second kappa shape index (κ2) is 12.5. The molecule has 1 aliphatic rings. The molecule has 3 N–H and O–H groups in total. The van der Waals surface area contributed by atoms with Crippen LogP contribution in [0, 0.1) is 0 Å². The van der Waals surface area contributed by atoms with Gasteiger partial charge in [-0.05, 0) is 36.6 Å². The maximum atomic E-state index is 13.4. The van der Waals surface area contributed by atoms with Crippen molar-refractivity contribution in [2.24, 2.45) is 5.73 Å². The molecule has 0 bridgehead atoms. The molecular weight excluding hydrogens is 434 g/mol.